The molecular weight excluding hydrogens is 364 g/mol. The summed E-state index contributed by atoms with van der Waals surface area (Å²) in [5, 5.41) is 3.07. The van der Waals surface area contributed by atoms with Gasteiger partial charge in [-0.15, -0.1) is 0 Å². The van der Waals surface area contributed by atoms with E-state index in [0.29, 0.717) is 24.5 Å². The first kappa shape index (κ1) is 19.9. The maximum absolute atomic E-state index is 12.7. The van der Waals surface area contributed by atoms with Gasteiger partial charge < -0.3 is 14.8 Å². The lowest BCUT2D eigenvalue weighted by atomic mass is 10.1. The van der Waals surface area contributed by atoms with Gasteiger partial charge in [-0.3, -0.25) is 9.69 Å². The van der Waals surface area contributed by atoms with E-state index < -0.39 is 0 Å². The third-order valence-corrected chi connectivity index (χ3v) is 5.71. The Morgan fingerprint density at radius 1 is 1.07 bits per heavy atom. The lowest BCUT2D eigenvalue weighted by Gasteiger charge is -2.18. The third-order valence-electron chi connectivity index (χ3n) is 5.71. The Hall–Kier alpha value is -2.37. The summed E-state index contributed by atoms with van der Waals surface area (Å²) in [6.45, 7) is 5.17. The maximum Gasteiger partial charge on any atom is 0.251 e. The molecule has 4 rings (SSSR count). The SMILES string of the molecule is O=C(NCc1ccccc1CN1CCCC1)c1cccc(OC[C@@H]2CCCO2)c1. The summed E-state index contributed by atoms with van der Waals surface area (Å²) in [5.41, 5.74) is 3.09. The van der Waals surface area contributed by atoms with E-state index in [0.717, 1.165) is 26.0 Å². The Balaban J connectivity index is 1.33. The van der Waals surface area contributed by atoms with Gasteiger partial charge in [0.2, 0.25) is 0 Å². The molecule has 0 spiro atoms. The molecule has 5 nitrogen and oxygen atoms in total. The van der Waals surface area contributed by atoms with Crippen LogP contribution in [0.3, 0.4) is 0 Å². The fourth-order valence-electron chi connectivity index (χ4n) is 4.04. The summed E-state index contributed by atoms with van der Waals surface area (Å²) in [5.74, 6) is 0.631. The van der Waals surface area contributed by atoms with E-state index in [2.05, 4.69) is 28.4 Å². The minimum Gasteiger partial charge on any atom is -0.491 e. The summed E-state index contributed by atoms with van der Waals surface area (Å²) >= 11 is 0. The van der Waals surface area contributed by atoms with Crippen molar-refractivity contribution in [1.82, 2.24) is 10.2 Å². The van der Waals surface area contributed by atoms with Gasteiger partial charge in [0.15, 0.2) is 0 Å². The second-order valence-electron chi connectivity index (χ2n) is 7.91. The number of benzene rings is 2. The van der Waals surface area contributed by atoms with E-state index in [4.69, 9.17) is 9.47 Å². The van der Waals surface area contributed by atoms with Gasteiger partial charge in [0.05, 0.1) is 6.10 Å². The molecule has 29 heavy (non-hydrogen) atoms. The lowest BCUT2D eigenvalue weighted by Crippen LogP contribution is -2.25. The molecule has 5 heteroatoms. The molecule has 0 aliphatic carbocycles. The van der Waals surface area contributed by atoms with Gasteiger partial charge >= 0.3 is 0 Å². The van der Waals surface area contributed by atoms with Gasteiger partial charge in [-0.25, -0.2) is 0 Å². The van der Waals surface area contributed by atoms with Gasteiger partial charge in [0.25, 0.3) is 5.91 Å². The molecule has 2 aliphatic rings. The van der Waals surface area contributed by atoms with Crippen molar-refractivity contribution in [3.05, 3.63) is 65.2 Å². The largest absolute Gasteiger partial charge is 0.491 e. The van der Waals surface area contributed by atoms with Crippen molar-refractivity contribution in [2.75, 3.05) is 26.3 Å². The van der Waals surface area contributed by atoms with Crippen molar-refractivity contribution in [3.63, 3.8) is 0 Å². The number of likely N-dealkylation sites (tertiary alicyclic amines) is 1. The van der Waals surface area contributed by atoms with Crippen LogP contribution in [0.25, 0.3) is 0 Å². The molecular formula is C24H30N2O3. The highest BCUT2D eigenvalue weighted by Crippen LogP contribution is 2.18. The van der Waals surface area contributed by atoms with Crippen molar-refractivity contribution in [2.45, 2.75) is 44.9 Å². The monoisotopic (exact) mass is 394 g/mol. The molecule has 2 aromatic carbocycles. The summed E-state index contributed by atoms with van der Waals surface area (Å²) in [6, 6.07) is 15.8. The zero-order valence-electron chi connectivity index (χ0n) is 16.9. The summed E-state index contributed by atoms with van der Waals surface area (Å²) in [4.78, 5) is 15.2. The number of carbonyl (C=O) groups excluding carboxylic acids is 1. The molecule has 1 N–H and O–H groups in total. The highest BCUT2D eigenvalue weighted by atomic mass is 16.5. The highest BCUT2D eigenvalue weighted by Gasteiger charge is 2.17. The molecule has 0 aromatic heterocycles. The Morgan fingerprint density at radius 2 is 1.90 bits per heavy atom. The first-order valence-electron chi connectivity index (χ1n) is 10.7. The van der Waals surface area contributed by atoms with Gasteiger partial charge in [0, 0.05) is 25.3 Å². The number of rotatable bonds is 8. The number of hydrogen-bond acceptors (Lipinski definition) is 4. The Morgan fingerprint density at radius 3 is 2.69 bits per heavy atom. The van der Waals surface area contributed by atoms with Crippen molar-refractivity contribution in [3.8, 4) is 5.75 Å². The number of carbonyl (C=O) groups is 1. The van der Waals surface area contributed by atoms with Crippen molar-refractivity contribution in [1.29, 1.82) is 0 Å². The highest BCUT2D eigenvalue weighted by molar-refractivity contribution is 5.94. The van der Waals surface area contributed by atoms with Crippen LogP contribution in [0.4, 0.5) is 0 Å². The molecule has 2 saturated heterocycles. The predicted molar refractivity (Wildman–Crippen MR) is 113 cm³/mol. The normalized spacial score (nSPS) is 19.4. The molecule has 2 aromatic rings. The predicted octanol–water partition coefficient (Wildman–Crippen LogP) is 3.77. The average molecular weight is 395 g/mol. The Bertz CT molecular complexity index is 811. The molecule has 0 radical (unpaired) electrons. The molecule has 2 fully saturated rings. The fraction of sp³-hybridized carbons (Fsp3) is 0.458. The van der Waals surface area contributed by atoms with Crippen LogP contribution < -0.4 is 10.1 Å². The summed E-state index contributed by atoms with van der Waals surface area (Å²) < 4.78 is 11.4. The number of amides is 1. The topological polar surface area (TPSA) is 50.8 Å². The lowest BCUT2D eigenvalue weighted by molar-refractivity contribution is 0.0679. The average Bonchev–Trinajstić information content (AvgIpc) is 3.46. The van der Waals surface area contributed by atoms with Gasteiger partial charge in [-0.05, 0) is 68.1 Å². The first-order valence-corrected chi connectivity index (χ1v) is 10.7. The fourth-order valence-corrected chi connectivity index (χ4v) is 4.04. The maximum atomic E-state index is 12.7. The van der Waals surface area contributed by atoms with Gasteiger partial charge in [-0.1, -0.05) is 30.3 Å². The zero-order valence-corrected chi connectivity index (χ0v) is 16.9. The van der Waals surface area contributed by atoms with Gasteiger partial charge in [-0.2, -0.15) is 0 Å². The van der Waals surface area contributed by atoms with Crippen LogP contribution in [0.2, 0.25) is 0 Å². The van der Waals surface area contributed by atoms with Crippen LogP contribution in [0.15, 0.2) is 48.5 Å². The molecule has 154 valence electrons. The smallest absolute Gasteiger partial charge is 0.251 e. The number of nitrogens with one attached hydrogen (secondary N) is 1. The van der Waals surface area contributed by atoms with E-state index in [-0.39, 0.29) is 12.0 Å². The number of nitrogens with zero attached hydrogens (tertiary/aromatic N) is 1. The summed E-state index contributed by atoms with van der Waals surface area (Å²) in [7, 11) is 0. The molecule has 0 bridgehead atoms. The Labute approximate surface area is 173 Å². The number of hydrogen-bond donors (Lipinski definition) is 1. The zero-order chi connectivity index (χ0) is 19.9. The van der Waals surface area contributed by atoms with Crippen LogP contribution in [0.1, 0.15) is 47.2 Å². The summed E-state index contributed by atoms with van der Waals surface area (Å²) in [6.07, 6.45) is 4.86. The van der Waals surface area contributed by atoms with Crippen LogP contribution in [-0.2, 0) is 17.8 Å². The van der Waals surface area contributed by atoms with Crippen molar-refractivity contribution in [2.24, 2.45) is 0 Å². The van der Waals surface area contributed by atoms with Gasteiger partial charge in [0.1, 0.15) is 12.4 Å². The van der Waals surface area contributed by atoms with Crippen molar-refractivity contribution >= 4 is 5.91 Å². The van der Waals surface area contributed by atoms with E-state index in [1.165, 1.54) is 37.1 Å². The number of ether oxygens (including phenoxy) is 2. The standard InChI is InChI=1S/C24H30N2O3/c27-24(19-9-5-10-22(15-19)29-18-23-11-6-14-28-23)25-16-20-7-1-2-8-21(20)17-26-12-3-4-13-26/h1-2,5,7-10,15,23H,3-4,6,11-14,16-18H2,(H,25,27)/t23-/m0/s1. The quantitative estimate of drug-likeness (QED) is 0.741. The van der Waals surface area contributed by atoms with Crippen LogP contribution in [0.5, 0.6) is 5.75 Å². The molecule has 1 amide bonds. The van der Waals surface area contributed by atoms with E-state index in [1.807, 2.05) is 24.3 Å². The minimum atomic E-state index is -0.0801. The second-order valence-corrected chi connectivity index (χ2v) is 7.91. The Kier molecular flexibility index (Phi) is 6.80. The third kappa shape index (κ3) is 5.58. The van der Waals surface area contributed by atoms with Crippen LogP contribution in [-0.4, -0.2) is 43.2 Å². The van der Waals surface area contributed by atoms with E-state index >= 15 is 0 Å². The molecule has 0 unspecified atom stereocenters. The van der Waals surface area contributed by atoms with Crippen molar-refractivity contribution < 1.29 is 14.3 Å². The van der Waals surface area contributed by atoms with Crippen LogP contribution >= 0.6 is 0 Å². The molecule has 0 saturated carbocycles. The molecule has 1 atom stereocenters. The van der Waals surface area contributed by atoms with E-state index in [1.54, 1.807) is 6.07 Å². The first-order chi connectivity index (χ1) is 14.3. The molecule has 2 heterocycles. The molecule has 2 aliphatic heterocycles. The van der Waals surface area contributed by atoms with Crippen LogP contribution in [0, 0.1) is 0 Å². The second kappa shape index (κ2) is 9.90. The minimum absolute atomic E-state index is 0.0801. The van der Waals surface area contributed by atoms with E-state index in [9.17, 15) is 4.79 Å².